The Morgan fingerprint density at radius 1 is 0.933 bits per heavy atom. The van der Waals surface area contributed by atoms with Crippen molar-refractivity contribution in [3.63, 3.8) is 0 Å². The molecule has 1 aliphatic rings. The second kappa shape index (κ2) is 8.83. The molecule has 162 valence electrons. The van der Waals surface area contributed by atoms with Gasteiger partial charge in [0.05, 0.1) is 12.0 Å². The molecule has 1 saturated heterocycles. The maximum atomic E-state index is 13.0. The first-order valence-electron chi connectivity index (χ1n) is 9.52. The summed E-state index contributed by atoms with van der Waals surface area (Å²) in [5.41, 5.74) is -1.09. The first-order valence-corrected chi connectivity index (χ1v) is 11.3. The van der Waals surface area contributed by atoms with Gasteiger partial charge in [-0.2, -0.15) is 4.31 Å². The van der Waals surface area contributed by atoms with Crippen molar-refractivity contribution < 1.29 is 22.7 Å². The zero-order valence-electron chi connectivity index (χ0n) is 17.2. The predicted octanol–water partition coefficient (Wildman–Crippen LogP) is 3.04. The van der Waals surface area contributed by atoms with E-state index in [2.05, 4.69) is 0 Å². The molecule has 1 heterocycles. The van der Waals surface area contributed by atoms with E-state index in [4.69, 9.17) is 21.1 Å². The second-order valence-corrected chi connectivity index (χ2v) is 9.81. The fourth-order valence-electron chi connectivity index (χ4n) is 3.25. The molecule has 0 aromatic heterocycles. The van der Waals surface area contributed by atoms with Gasteiger partial charge in [-0.15, -0.1) is 0 Å². The van der Waals surface area contributed by atoms with Crippen LogP contribution in [0, 0.1) is 0 Å². The zero-order chi connectivity index (χ0) is 21.9. The molecule has 1 aliphatic heterocycles. The number of rotatable bonds is 6. The van der Waals surface area contributed by atoms with Crippen LogP contribution in [0.5, 0.6) is 11.5 Å². The van der Waals surface area contributed by atoms with E-state index >= 15 is 0 Å². The van der Waals surface area contributed by atoms with E-state index in [1.54, 1.807) is 55.1 Å². The lowest BCUT2D eigenvalue weighted by Crippen LogP contribution is -2.56. The molecule has 2 aromatic carbocycles. The van der Waals surface area contributed by atoms with Gasteiger partial charge in [-0.05, 0) is 62.4 Å². The normalized spacial score (nSPS) is 15.7. The highest BCUT2D eigenvalue weighted by atomic mass is 35.5. The molecule has 0 spiro atoms. The van der Waals surface area contributed by atoms with Crippen LogP contribution in [0.3, 0.4) is 0 Å². The van der Waals surface area contributed by atoms with Gasteiger partial charge in [0.15, 0.2) is 5.60 Å². The Morgan fingerprint density at radius 2 is 1.47 bits per heavy atom. The fourth-order valence-corrected chi connectivity index (χ4v) is 4.80. The number of methoxy groups -OCH3 is 1. The molecule has 1 amide bonds. The quantitative estimate of drug-likeness (QED) is 0.673. The number of piperazine rings is 1. The molecule has 9 heteroatoms. The van der Waals surface area contributed by atoms with E-state index in [1.807, 2.05) is 0 Å². The SMILES string of the molecule is COc1ccc(S(=O)(=O)N2CCN(C(=O)C(C)(C)Oc3ccc(Cl)cc3)CC2)cc1. The molecule has 0 radical (unpaired) electrons. The van der Waals surface area contributed by atoms with E-state index in [-0.39, 0.29) is 23.9 Å². The molecular formula is C21H25ClN2O5S. The maximum absolute atomic E-state index is 13.0. The van der Waals surface area contributed by atoms with E-state index in [1.165, 1.54) is 23.5 Å². The van der Waals surface area contributed by atoms with Gasteiger partial charge in [-0.25, -0.2) is 8.42 Å². The lowest BCUT2D eigenvalue weighted by Gasteiger charge is -2.38. The van der Waals surface area contributed by atoms with Crippen molar-refractivity contribution in [3.8, 4) is 11.5 Å². The van der Waals surface area contributed by atoms with Gasteiger partial charge in [0.25, 0.3) is 5.91 Å². The van der Waals surface area contributed by atoms with Gasteiger partial charge in [0.2, 0.25) is 10.0 Å². The third-order valence-corrected chi connectivity index (χ3v) is 7.09. The average Bonchev–Trinajstić information content (AvgIpc) is 2.75. The highest BCUT2D eigenvalue weighted by molar-refractivity contribution is 7.89. The summed E-state index contributed by atoms with van der Waals surface area (Å²) in [6.07, 6.45) is 0. The Kier molecular flexibility index (Phi) is 6.59. The minimum absolute atomic E-state index is 0.195. The number of hydrogen-bond acceptors (Lipinski definition) is 5. The van der Waals surface area contributed by atoms with Crippen molar-refractivity contribution in [2.75, 3.05) is 33.3 Å². The highest BCUT2D eigenvalue weighted by Gasteiger charge is 2.37. The topological polar surface area (TPSA) is 76.2 Å². The standard InChI is InChI=1S/C21H25ClN2O5S/c1-21(2,29-18-6-4-16(22)5-7-18)20(25)23-12-14-24(15-13-23)30(26,27)19-10-8-17(28-3)9-11-19/h4-11H,12-15H2,1-3H3. The molecular weight excluding hydrogens is 428 g/mol. The molecule has 0 saturated carbocycles. The Morgan fingerprint density at radius 3 is 2.00 bits per heavy atom. The maximum Gasteiger partial charge on any atom is 0.266 e. The molecule has 1 fully saturated rings. The van der Waals surface area contributed by atoms with Gasteiger partial charge in [-0.3, -0.25) is 4.79 Å². The highest BCUT2D eigenvalue weighted by Crippen LogP contribution is 2.24. The number of carbonyl (C=O) groups is 1. The first-order chi connectivity index (χ1) is 14.1. The molecule has 3 rings (SSSR count). The zero-order valence-corrected chi connectivity index (χ0v) is 18.7. The molecule has 0 bridgehead atoms. The van der Waals surface area contributed by atoms with E-state index < -0.39 is 15.6 Å². The first kappa shape index (κ1) is 22.4. The summed E-state index contributed by atoms with van der Waals surface area (Å²) in [6, 6.07) is 13.1. The lowest BCUT2D eigenvalue weighted by molar-refractivity contribution is -0.146. The van der Waals surface area contributed by atoms with Crippen LogP contribution >= 0.6 is 11.6 Å². The second-order valence-electron chi connectivity index (χ2n) is 7.44. The number of nitrogens with zero attached hydrogens (tertiary/aromatic N) is 2. The molecule has 0 atom stereocenters. The summed E-state index contributed by atoms with van der Waals surface area (Å²) in [5, 5.41) is 0.584. The molecule has 7 nitrogen and oxygen atoms in total. The van der Waals surface area contributed by atoms with Gasteiger partial charge >= 0.3 is 0 Å². The third kappa shape index (κ3) is 4.88. The monoisotopic (exact) mass is 452 g/mol. The molecule has 2 aromatic rings. The number of ether oxygens (including phenoxy) is 2. The summed E-state index contributed by atoms with van der Waals surface area (Å²) in [6.45, 7) is 4.42. The van der Waals surface area contributed by atoms with Crippen molar-refractivity contribution in [3.05, 3.63) is 53.6 Å². The average molecular weight is 453 g/mol. The molecule has 0 N–H and O–H groups in total. The number of benzene rings is 2. The van der Waals surface area contributed by atoms with Crippen LogP contribution in [0.2, 0.25) is 5.02 Å². The van der Waals surface area contributed by atoms with Crippen LogP contribution in [0.1, 0.15) is 13.8 Å². The molecule has 0 unspecified atom stereocenters. The molecule has 30 heavy (non-hydrogen) atoms. The Bertz CT molecular complexity index is 983. The van der Waals surface area contributed by atoms with Crippen LogP contribution in [-0.4, -0.2) is 62.4 Å². The third-order valence-electron chi connectivity index (χ3n) is 4.92. The van der Waals surface area contributed by atoms with Gasteiger partial charge in [-0.1, -0.05) is 11.6 Å². The number of amides is 1. The smallest absolute Gasteiger partial charge is 0.266 e. The Labute approximate surface area is 182 Å². The van der Waals surface area contributed by atoms with Crippen molar-refractivity contribution in [1.82, 2.24) is 9.21 Å². The van der Waals surface area contributed by atoms with Crippen LogP contribution in [0.4, 0.5) is 0 Å². The van der Waals surface area contributed by atoms with Gasteiger partial charge in [0, 0.05) is 31.2 Å². The minimum Gasteiger partial charge on any atom is -0.497 e. The number of hydrogen-bond donors (Lipinski definition) is 0. The fraction of sp³-hybridized carbons (Fsp3) is 0.381. The Hall–Kier alpha value is -2.29. The van der Waals surface area contributed by atoms with E-state index in [0.29, 0.717) is 29.6 Å². The number of carbonyl (C=O) groups excluding carboxylic acids is 1. The lowest BCUT2D eigenvalue weighted by atomic mass is 10.1. The predicted molar refractivity (Wildman–Crippen MR) is 114 cm³/mol. The van der Waals surface area contributed by atoms with E-state index in [0.717, 1.165) is 0 Å². The van der Waals surface area contributed by atoms with Crippen molar-refractivity contribution in [1.29, 1.82) is 0 Å². The van der Waals surface area contributed by atoms with Gasteiger partial charge < -0.3 is 14.4 Å². The van der Waals surface area contributed by atoms with Crippen LogP contribution in [0.25, 0.3) is 0 Å². The van der Waals surface area contributed by atoms with Crippen LogP contribution in [-0.2, 0) is 14.8 Å². The van der Waals surface area contributed by atoms with Crippen molar-refractivity contribution in [2.24, 2.45) is 0 Å². The number of halogens is 1. The largest absolute Gasteiger partial charge is 0.497 e. The number of sulfonamides is 1. The van der Waals surface area contributed by atoms with Crippen LogP contribution in [0.15, 0.2) is 53.4 Å². The summed E-state index contributed by atoms with van der Waals surface area (Å²) in [4.78, 5) is 14.8. The summed E-state index contributed by atoms with van der Waals surface area (Å²) >= 11 is 5.89. The van der Waals surface area contributed by atoms with Crippen molar-refractivity contribution in [2.45, 2.75) is 24.3 Å². The molecule has 0 aliphatic carbocycles. The van der Waals surface area contributed by atoms with Gasteiger partial charge in [0.1, 0.15) is 11.5 Å². The van der Waals surface area contributed by atoms with Crippen molar-refractivity contribution >= 4 is 27.5 Å². The summed E-state index contributed by atoms with van der Waals surface area (Å²) in [7, 11) is -2.10. The van der Waals surface area contributed by atoms with Crippen LogP contribution < -0.4 is 9.47 Å². The summed E-state index contributed by atoms with van der Waals surface area (Å²) < 4.78 is 38.1. The Balaban J connectivity index is 1.63. The minimum atomic E-state index is -3.63. The summed E-state index contributed by atoms with van der Waals surface area (Å²) in [5.74, 6) is 0.935. The van der Waals surface area contributed by atoms with E-state index in [9.17, 15) is 13.2 Å².